The second-order valence-electron chi connectivity index (χ2n) is 5.29. The Balaban J connectivity index is 1.73. The first-order valence-electron chi connectivity index (χ1n) is 7.47. The van der Waals surface area contributed by atoms with Gasteiger partial charge in [0.2, 0.25) is 4.96 Å². The lowest BCUT2D eigenvalue weighted by Crippen LogP contribution is -2.14. The van der Waals surface area contributed by atoms with Crippen molar-refractivity contribution >= 4 is 28.4 Å². The van der Waals surface area contributed by atoms with Crippen LogP contribution in [-0.2, 0) is 0 Å². The van der Waals surface area contributed by atoms with E-state index in [1.54, 1.807) is 42.7 Å². The molecule has 7 heteroatoms. The maximum absolute atomic E-state index is 12.3. The van der Waals surface area contributed by atoms with Gasteiger partial charge in [-0.2, -0.15) is 9.61 Å². The molecule has 1 aromatic carbocycles. The lowest BCUT2D eigenvalue weighted by molar-refractivity contribution is 0.475. The van der Waals surface area contributed by atoms with Crippen LogP contribution in [0, 0.1) is 0 Å². The van der Waals surface area contributed by atoms with Crippen LogP contribution >= 0.6 is 11.3 Å². The van der Waals surface area contributed by atoms with Gasteiger partial charge in [0.25, 0.3) is 5.56 Å². The van der Waals surface area contributed by atoms with Gasteiger partial charge in [-0.15, -0.1) is 0 Å². The summed E-state index contributed by atoms with van der Waals surface area (Å²) in [7, 11) is 0. The molecule has 0 bridgehead atoms. The number of benzene rings is 1. The second kappa shape index (κ2) is 6.29. The monoisotopic (exact) mass is 348 g/mol. The molecular formula is C18H12N4O2S. The van der Waals surface area contributed by atoms with Gasteiger partial charge in [-0.1, -0.05) is 23.5 Å². The van der Waals surface area contributed by atoms with E-state index in [-0.39, 0.29) is 11.3 Å². The first-order chi connectivity index (χ1) is 12.2. The number of fused-ring (bicyclic) bond motifs is 1. The topological polar surface area (TPSA) is 80.4 Å². The summed E-state index contributed by atoms with van der Waals surface area (Å²) in [5, 5.41) is 14.4. The quantitative estimate of drug-likeness (QED) is 0.615. The predicted octanol–water partition coefficient (Wildman–Crippen LogP) is 3.09. The van der Waals surface area contributed by atoms with Gasteiger partial charge >= 0.3 is 0 Å². The number of hydrogen-bond donors (Lipinski definition) is 1. The van der Waals surface area contributed by atoms with Crippen molar-refractivity contribution in [1.29, 1.82) is 0 Å². The Bertz CT molecular complexity index is 1120. The van der Waals surface area contributed by atoms with E-state index < -0.39 is 0 Å². The summed E-state index contributed by atoms with van der Waals surface area (Å²) in [6, 6.07) is 11.9. The predicted molar refractivity (Wildman–Crippen MR) is 97.4 cm³/mol. The Morgan fingerprint density at radius 3 is 2.72 bits per heavy atom. The number of phenolic OH excluding ortho intramolecular Hbond substituents is 1. The largest absolute Gasteiger partial charge is 0.508 e. The molecule has 0 aliphatic heterocycles. The molecule has 0 spiro atoms. The first kappa shape index (κ1) is 15.2. The molecular weight excluding hydrogens is 336 g/mol. The number of aromatic hydroxyl groups is 1. The molecule has 4 aromatic rings. The Morgan fingerprint density at radius 1 is 1.12 bits per heavy atom. The third-order valence-electron chi connectivity index (χ3n) is 3.51. The minimum atomic E-state index is -0.239. The van der Waals surface area contributed by atoms with Gasteiger partial charge in [-0.05, 0) is 42.0 Å². The van der Waals surface area contributed by atoms with Crippen LogP contribution in [0.4, 0.5) is 0 Å². The number of hydrogen-bond acceptors (Lipinski definition) is 6. The molecule has 0 aliphatic carbocycles. The van der Waals surface area contributed by atoms with Gasteiger partial charge in [-0.25, -0.2) is 4.98 Å². The third-order valence-corrected chi connectivity index (χ3v) is 4.47. The zero-order chi connectivity index (χ0) is 17.2. The molecule has 0 saturated carbocycles. The Kier molecular flexibility index (Phi) is 3.83. The van der Waals surface area contributed by atoms with Gasteiger partial charge in [0.15, 0.2) is 0 Å². The van der Waals surface area contributed by atoms with Crippen molar-refractivity contribution in [3.05, 3.63) is 76.5 Å². The van der Waals surface area contributed by atoms with Crippen LogP contribution < -0.4 is 5.56 Å². The molecule has 0 amide bonds. The van der Waals surface area contributed by atoms with Crippen LogP contribution in [0.3, 0.4) is 0 Å². The zero-order valence-electron chi connectivity index (χ0n) is 12.9. The van der Waals surface area contributed by atoms with Crippen molar-refractivity contribution in [3.63, 3.8) is 0 Å². The van der Waals surface area contributed by atoms with Crippen molar-refractivity contribution < 1.29 is 5.11 Å². The van der Waals surface area contributed by atoms with E-state index in [4.69, 9.17) is 0 Å². The molecule has 0 fully saturated rings. The molecule has 6 nitrogen and oxygen atoms in total. The Labute approximate surface area is 146 Å². The first-order valence-corrected chi connectivity index (χ1v) is 8.29. The van der Waals surface area contributed by atoms with E-state index in [2.05, 4.69) is 15.1 Å². The SMILES string of the molecule is O=c1cc(C=Cc2cccnc2)nc2sc(-c3ccc(O)cc3)nn12. The fourth-order valence-corrected chi connectivity index (χ4v) is 3.21. The molecule has 4 rings (SSSR count). The third kappa shape index (κ3) is 3.17. The minimum absolute atomic E-state index is 0.183. The summed E-state index contributed by atoms with van der Waals surface area (Å²) in [5.74, 6) is 0.183. The van der Waals surface area contributed by atoms with Gasteiger partial charge in [0.05, 0.1) is 5.69 Å². The van der Waals surface area contributed by atoms with E-state index in [1.807, 2.05) is 18.2 Å². The molecule has 3 heterocycles. The zero-order valence-corrected chi connectivity index (χ0v) is 13.7. The second-order valence-corrected chi connectivity index (χ2v) is 6.24. The fourth-order valence-electron chi connectivity index (χ4n) is 2.29. The average molecular weight is 348 g/mol. The highest BCUT2D eigenvalue weighted by molar-refractivity contribution is 7.19. The maximum Gasteiger partial charge on any atom is 0.275 e. The minimum Gasteiger partial charge on any atom is -0.508 e. The van der Waals surface area contributed by atoms with Gasteiger partial charge < -0.3 is 5.11 Å². The van der Waals surface area contributed by atoms with Crippen molar-refractivity contribution in [2.45, 2.75) is 0 Å². The van der Waals surface area contributed by atoms with Crippen LogP contribution in [0.15, 0.2) is 59.7 Å². The van der Waals surface area contributed by atoms with Crippen molar-refractivity contribution in [1.82, 2.24) is 19.6 Å². The number of phenols is 1. The summed E-state index contributed by atoms with van der Waals surface area (Å²) in [6.45, 7) is 0. The molecule has 0 saturated heterocycles. The molecule has 1 N–H and O–H groups in total. The van der Waals surface area contributed by atoms with Crippen LogP contribution in [0.2, 0.25) is 0 Å². The number of nitrogens with zero attached hydrogens (tertiary/aromatic N) is 4. The van der Waals surface area contributed by atoms with Gasteiger partial charge in [0, 0.05) is 24.0 Å². The summed E-state index contributed by atoms with van der Waals surface area (Å²) in [4.78, 5) is 21.3. The Morgan fingerprint density at radius 2 is 1.96 bits per heavy atom. The highest BCUT2D eigenvalue weighted by Gasteiger charge is 2.10. The van der Waals surface area contributed by atoms with E-state index >= 15 is 0 Å². The smallest absolute Gasteiger partial charge is 0.275 e. The Hall–Kier alpha value is -3.32. The number of rotatable bonds is 3. The normalized spacial score (nSPS) is 11.4. The maximum atomic E-state index is 12.3. The molecule has 3 aromatic heterocycles. The highest BCUT2D eigenvalue weighted by atomic mass is 32.1. The number of pyridine rings is 1. The van der Waals surface area contributed by atoms with E-state index in [0.717, 1.165) is 11.1 Å². The molecule has 0 aliphatic rings. The van der Waals surface area contributed by atoms with Crippen molar-refractivity contribution in [2.24, 2.45) is 0 Å². The summed E-state index contributed by atoms with van der Waals surface area (Å²) >= 11 is 1.32. The van der Waals surface area contributed by atoms with Crippen LogP contribution in [0.25, 0.3) is 27.7 Å². The standard InChI is InChI=1S/C18H12N4O2S/c23-15-7-4-13(5-8-15)17-21-22-16(24)10-14(20-18(22)25-17)6-3-12-2-1-9-19-11-12/h1-11,23H. The molecule has 0 unspecified atom stereocenters. The van der Waals surface area contributed by atoms with Crippen LogP contribution in [0.1, 0.15) is 11.3 Å². The lowest BCUT2D eigenvalue weighted by atomic mass is 10.2. The summed E-state index contributed by atoms with van der Waals surface area (Å²) < 4.78 is 1.29. The average Bonchev–Trinajstić information content (AvgIpc) is 3.06. The highest BCUT2D eigenvalue weighted by Crippen LogP contribution is 2.25. The van der Waals surface area contributed by atoms with E-state index in [9.17, 15) is 9.90 Å². The molecule has 0 radical (unpaired) electrons. The van der Waals surface area contributed by atoms with E-state index in [1.165, 1.54) is 21.9 Å². The molecule has 25 heavy (non-hydrogen) atoms. The van der Waals surface area contributed by atoms with Gasteiger partial charge in [0.1, 0.15) is 10.8 Å². The lowest BCUT2D eigenvalue weighted by Gasteiger charge is -1.94. The van der Waals surface area contributed by atoms with Crippen LogP contribution in [0.5, 0.6) is 5.75 Å². The summed E-state index contributed by atoms with van der Waals surface area (Å²) in [5.41, 5.74) is 2.07. The molecule has 122 valence electrons. The number of aromatic nitrogens is 4. The van der Waals surface area contributed by atoms with Gasteiger partial charge in [-0.3, -0.25) is 9.78 Å². The van der Waals surface area contributed by atoms with Crippen LogP contribution in [-0.4, -0.2) is 24.7 Å². The molecule has 0 atom stereocenters. The van der Waals surface area contributed by atoms with Crippen molar-refractivity contribution in [3.8, 4) is 16.3 Å². The fraction of sp³-hybridized carbons (Fsp3) is 0. The van der Waals surface area contributed by atoms with E-state index in [0.29, 0.717) is 15.7 Å². The summed E-state index contributed by atoms with van der Waals surface area (Å²) in [6.07, 6.45) is 7.07. The van der Waals surface area contributed by atoms with Crippen molar-refractivity contribution in [2.75, 3.05) is 0 Å².